The molecule has 0 saturated carbocycles. The molecule has 182 valence electrons. The van der Waals surface area contributed by atoms with Gasteiger partial charge in [0.2, 0.25) is 0 Å². The topological polar surface area (TPSA) is 127 Å². The minimum absolute atomic E-state index is 0.130. The molecule has 0 spiro atoms. The molecule has 3 amide bonds. The van der Waals surface area contributed by atoms with Crippen LogP contribution in [-0.4, -0.2) is 50.3 Å². The highest BCUT2D eigenvalue weighted by atomic mass is 16.5. The number of nitrogens with one attached hydrogen (secondary N) is 3. The Morgan fingerprint density at radius 1 is 1.03 bits per heavy atom. The molecule has 2 rings (SSSR count). The number of hydrogen-bond acceptors (Lipinski definition) is 7. The normalized spacial score (nSPS) is 11.4. The third-order valence-electron chi connectivity index (χ3n) is 4.59. The van der Waals surface area contributed by atoms with Gasteiger partial charge in [-0.2, -0.15) is 5.10 Å². The molecular formula is C24H30N4O6. The van der Waals surface area contributed by atoms with Crippen LogP contribution in [0, 0.1) is 0 Å². The molecule has 10 heteroatoms. The second kappa shape index (κ2) is 13.5. The van der Waals surface area contributed by atoms with Gasteiger partial charge in [0, 0.05) is 17.3 Å². The first kappa shape index (κ1) is 26.2. The number of benzene rings is 2. The lowest BCUT2D eigenvalue weighted by Crippen LogP contribution is -2.41. The van der Waals surface area contributed by atoms with Gasteiger partial charge in [-0.25, -0.2) is 5.43 Å². The van der Waals surface area contributed by atoms with Crippen LogP contribution in [0.1, 0.15) is 32.8 Å². The second-order valence-electron chi connectivity index (χ2n) is 7.15. The van der Waals surface area contributed by atoms with Crippen LogP contribution in [0.2, 0.25) is 0 Å². The van der Waals surface area contributed by atoms with Gasteiger partial charge in [-0.05, 0) is 56.7 Å². The van der Waals surface area contributed by atoms with E-state index in [0.717, 1.165) is 0 Å². The van der Waals surface area contributed by atoms with Crippen molar-refractivity contribution in [2.75, 3.05) is 25.6 Å². The largest absolute Gasteiger partial charge is 0.494 e. The summed E-state index contributed by atoms with van der Waals surface area (Å²) < 4.78 is 16.4. The van der Waals surface area contributed by atoms with E-state index in [9.17, 15) is 14.4 Å². The van der Waals surface area contributed by atoms with E-state index in [1.807, 2.05) is 13.8 Å². The highest BCUT2D eigenvalue weighted by Gasteiger charge is 2.15. The lowest BCUT2D eigenvalue weighted by molar-refractivity contribution is -0.139. The number of methoxy groups -OCH3 is 1. The fraction of sp³-hybridized carbons (Fsp3) is 0.333. The molecule has 0 bridgehead atoms. The predicted octanol–water partition coefficient (Wildman–Crippen LogP) is 2.48. The lowest BCUT2D eigenvalue weighted by atomic mass is 10.2. The van der Waals surface area contributed by atoms with Crippen molar-refractivity contribution in [2.24, 2.45) is 5.10 Å². The summed E-state index contributed by atoms with van der Waals surface area (Å²) in [5, 5.41) is 9.10. The first-order valence-electron chi connectivity index (χ1n) is 10.8. The van der Waals surface area contributed by atoms with Crippen LogP contribution in [0.25, 0.3) is 0 Å². The van der Waals surface area contributed by atoms with Crippen molar-refractivity contribution in [2.45, 2.75) is 33.2 Å². The summed E-state index contributed by atoms with van der Waals surface area (Å²) in [6, 6.07) is 11.9. The Bertz CT molecular complexity index is 1010. The summed E-state index contributed by atoms with van der Waals surface area (Å²) in [6.45, 7) is 5.84. The Balaban J connectivity index is 2.00. The van der Waals surface area contributed by atoms with Crippen LogP contribution in [0.4, 0.5) is 5.69 Å². The number of hydrogen-bond donors (Lipinski definition) is 3. The molecule has 0 aliphatic heterocycles. The standard InChI is InChI=1S/C24H30N4O6/c1-5-16(3)26-23(30)24(31)28-25-14-17-8-7-9-20(32-4)22(17)34-15-21(29)27-18-10-12-19(13-11-18)33-6-2/h7-14,16H,5-6,15H2,1-4H3,(H,26,30)(H,27,29)(H,28,31)/b25-14-/t16-/m1/s1. The van der Waals surface area contributed by atoms with Crippen LogP contribution in [0.15, 0.2) is 47.6 Å². The van der Waals surface area contributed by atoms with Crippen molar-refractivity contribution >= 4 is 29.6 Å². The third kappa shape index (κ3) is 8.12. The zero-order valence-electron chi connectivity index (χ0n) is 19.7. The highest BCUT2D eigenvalue weighted by molar-refractivity contribution is 6.35. The SMILES string of the molecule is CCOc1ccc(NC(=O)COc2c(/C=N\NC(=O)C(=O)N[C@H](C)CC)cccc2OC)cc1. The molecule has 3 N–H and O–H groups in total. The van der Waals surface area contributed by atoms with Crippen LogP contribution < -0.4 is 30.3 Å². The molecule has 0 heterocycles. The summed E-state index contributed by atoms with van der Waals surface area (Å²) >= 11 is 0. The molecule has 0 aliphatic rings. The van der Waals surface area contributed by atoms with Crippen molar-refractivity contribution in [3.63, 3.8) is 0 Å². The second-order valence-corrected chi connectivity index (χ2v) is 7.15. The Morgan fingerprint density at radius 3 is 2.41 bits per heavy atom. The summed E-state index contributed by atoms with van der Waals surface area (Å²) in [4.78, 5) is 36.0. The van der Waals surface area contributed by atoms with E-state index >= 15 is 0 Å². The molecule has 1 atom stereocenters. The van der Waals surface area contributed by atoms with Gasteiger partial charge in [0.1, 0.15) is 5.75 Å². The maximum absolute atomic E-state index is 12.4. The third-order valence-corrected chi connectivity index (χ3v) is 4.59. The van der Waals surface area contributed by atoms with Crippen molar-refractivity contribution in [1.29, 1.82) is 0 Å². The molecule has 34 heavy (non-hydrogen) atoms. The molecule has 0 saturated heterocycles. The van der Waals surface area contributed by atoms with E-state index in [2.05, 4.69) is 21.2 Å². The fourth-order valence-electron chi connectivity index (χ4n) is 2.69. The smallest absolute Gasteiger partial charge is 0.329 e. The molecule has 0 radical (unpaired) electrons. The van der Waals surface area contributed by atoms with Gasteiger partial charge in [0.15, 0.2) is 18.1 Å². The highest BCUT2D eigenvalue weighted by Crippen LogP contribution is 2.30. The number of nitrogens with zero attached hydrogens (tertiary/aromatic N) is 1. The molecule has 2 aromatic rings. The minimum atomic E-state index is -0.892. The van der Waals surface area contributed by atoms with E-state index in [-0.39, 0.29) is 24.3 Å². The van der Waals surface area contributed by atoms with E-state index < -0.39 is 11.8 Å². The van der Waals surface area contributed by atoms with Crippen molar-refractivity contribution in [3.8, 4) is 17.2 Å². The molecule has 10 nitrogen and oxygen atoms in total. The van der Waals surface area contributed by atoms with Gasteiger partial charge in [-0.1, -0.05) is 13.0 Å². The predicted molar refractivity (Wildman–Crippen MR) is 128 cm³/mol. The lowest BCUT2D eigenvalue weighted by Gasteiger charge is -2.13. The van der Waals surface area contributed by atoms with Gasteiger partial charge in [-0.15, -0.1) is 0 Å². The Kier molecular flexibility index (Phi) is 10.4. The Labute approximate surface area is 198 Å². The molecule has 0 fully saturated rings. The van der Waals surface area contributed by atoms with E-state index in [0.29, 0.717) is 35.8 Å². The monoisotopic (exact) mass is 470 g/mol. The van der Waals surface area contributed by atoms with Crippen LogP contribution in [0.3, 0.4) is 0 Å². The number of hydrazone groups is 1. The maximum atomic E-state index is 12.4. The average Bonchev–Trinajstić information content (AvgIpc) is 2.84. The van der Waals surface area contributed by atoms with Crippen molar-refractivity contribution in [1.82, 2.24) is 10.7 Å². The number of ether oxygens (including phenoxy) is 3. The zero-order valence-corrected chi connectivity index (χ0v) is 19.7. The average molecular weight is 471 g/mol. The number of rotatable bonds is 11. The minimum Gasteiger partial charge on any atom is -0.494 e. The Morgan fingerprint density at radius 2 is 1.76 bits per heavy atom. The van der Waals surface area contributed by atoms with Gasteiger partial charge < -0.3 is 24.8 Å². The van der Waals surface area contributed by atoms with Crippen LogP contribution >= 0.6 is 0 Å². The summed E-state index contributed by atoms with van der Waals surface area (Å²) in [7, 11) is 1.46. The summed E-state index contributed by atoms with van der Waals surface area (Å²) in [6.07, 6.45) is 2.00. The first-order valence-corrected chi connectivity index (χ1v) is 10.8. The first-order chi connectivity index (χ1) is 16.4. The number of anilines is 1. The molecule has 2 aromatic carbocycles. The van der Waals surface area contributed by atoms with Crippen molar-refractivity contribution < 1.29 is 28.6 Å². The van der Waals surface area contributed by atoms with Crippen molar-refractivity contribution in [3.05, 3.63) is 48.0 Å². The molecular weight excluding hydrogens is 440 g/mol. The van der Waals surface area contributed by atoms with E-state index in [1.165, 1.54) is 13.3 Å². The van der Waals surface area contributed by atoms with Crippen LogP contribution in [-0.2, 0) is 14.4 Å². The number of para-hydroxylation sites is 1. The summed E-state index contributed by atoms with van der Waals surface area (Å²) in [5.41, 5.74) is 3.20. The molecule has 0 aliphatic carbocycles. The quantitative estimate of drug-likeness (QED) is 0.263. The summed E-state index contributed by atoms with van der Waals surface area (Å²) in [5.74, 6) is -0.712. The number of carbonyl (C=O) groups is 3. The van der Waals surface area contributed by atoms with Crippen LogP contribution in [0.5, 0.6) is 17.2 Å². The molecule has 0 unspecified atom stereocenters. The Hall–Kier alpha value is -4.08. The van der Waals surface area contributed by atoms with Gasteiger partial charge in [-0.3, -0.25) is 14.4 Å². The van der Waals surface area contributed by atoms with E-state index in [1.54, 1.807) is 49.4 Å². The molecule has 0 aromatic heterocycles. The maximum Gasteiger partial charge on any atom is 0.329 e. The number of carbonyl (C=O) groups excluding carboxylic acids is 3. The van der Waals surface area contributed by atoms with Gasteiger partial charge >= 0.3 is 11.8 Å². The number of amides is 3. The van der Waals surface area contributed by atoms with Gasteiger partial charge in [0.05, 0.1) is 19.9 Å². The van der Waals surface area contributed by atoms with E-state index in [4.69, 9.17) is 14.2 Å². The zero-order chi connectivity index (χ0) is 24.9. The van der Waals surface area contributed by atoms with Gasteiger partial charge in [0.25, 0.3) is 5.91 Å². The fourth-order valence-corrected chi connectivity index (χ4v) is 2.69.